The first-order valence-corrected chi connectivity index (χ1v) is 9.26. The monoisotopic (exact) mass is 406 g/mol. The first kappa shape index (κ1) is 21.0. The summed E-state index contributed by atoms with van der Waals surface area (Å²) in [6.07, 6.45) is -0.997. The Hall–Kier alpha value is -3.71. The summed E-state index contributed by atoms with van der Waals surface area (Å²) >= 11 is 0. The van der Waals surface area contributed by atoms with Gasteiger partial charge in [-0.05, 0) is 11.1 Å². The molecule has 0 saturated heterocycles. The Morgan fingerprint density at radius 3 is 2.03 bits per heavy atom. The Kier molecular flexibility index (Phi) is 6.77. The van der Waals surface area contributed by atoms with E-state index in [-0.39, 0.29) is 17.1 Å². The van der Waals surface area contributed by atoms with E-state index in [9.17, 15) is 14.7 Å². The molecule has 154 valence electrons. The van der Waals surface area contributed by atoms with E-state index in [4.69, 9.17) is 4.74 Å². The molecule has 3 aromatic rings. The molecule has 0 saturated carbocycles. The van der Waals surface area contributed by atoms with E-state index >= 15 is 0 Å². The van der Waals surface area contributed by atoms with Gasteiger partial charge in [-0.1, -0.05) is 60.7 Å². The standard InChI is InChI=1S/C23H22N2O5/c1-29-17-13-18(24-19(14-17)23(28)30-2)22(27)25-20(15-9-5-3-6-10-15)21(26)16-11-7-4-8-12-16/h3-14,20-21,26H,1-2H3,(H,25,27)/t20-,21+/m1/s1. The summed E-state index contributed by atoms with van der Waals surface area (Å²) in [7, 11) is 2.65. The number of nitrogens with zero attached hydrogens (tertiary/aromatic N) is 1. The fraction of sp³-hybridized carbons (Fsp3) is 0.174. The predicted octanol–water partition coefficient (Wildman–Crippen LogP) is 3.08. The summed E-state index contributed by atoms with van der Waals surface area (Å²) in [6.45, 7) is 0. The van der Waals surface area contributed by atoms with Crippen LogP contribution in [0.2, 0.25) is 0 Å². The summed E-state index contributed by atoms with van der Waals surface area (Å²) in [5.41, 5.74) is 1.29. The van der Waals surface area contributed by atoms with Crippen LogP contribution in [0.4, 0.5) is 0 Å². The molecule has 0 fully saturated rings. The first-order chi connectivity index (χ1) is 14.5. The minimum Gasteiger partial charge on any atom is -0.497 e. The van der Waals surface area contributed by atoms with Crippen LogP contribution < -0.4 is 10.1 Å². The predicted molar refractivity (Wildman–Crippen MR) is 110 cm³/mol. The summed E-state index contributed by atoms with van der Waals surface area (Å²) < 4.78 is 9.86. The van der Waals surface area contributed by atoms with Crippen molar-refractivity contribution in [3.8, 4) is 5.75 Å². The molecule has 0 aliphatic heterocycles. The van der Waals surface area contributed by atoms with Crippen LogP contribution in [0.5, 0.6) is 5.75 Å². The molecule has 1 amide bonds. The summed E-state index contributed by atoms with van der Waals surface area (Å²) in [5, 5.41) is 13.8. The van der Waals surface area contributed by atoms with E-state index in [1.54, 1.807) is 12.1 Å². The third-order valence-corrected chi connectivity index (χ3v) is 4.56. The minimum atomic E-state index is -0.997. The van der Waals surface area contributed by atoms with Crippen molar-refractivity contribution in [2.24, 2.45) is 0 Å². The highest BCUT2D eigenvalue weighted by molar-refractivity contribution is 5.95. The number of ether oxygens (including phenoxy) is 2. The van der Waals surface area contributed by atoms with Crippen LogP contribution in [-0.2, 0) is 4.74 Å². The van der Waals surface area contributed by atoms with Crippen molar-refractivity contribution in [3.05, 3.63) is 95.3 Å². The molecule has 0 radical (unpaired) electrons. The number of carbonyl (C=O) groups excluding carboxylic acids is 2. The topological polar surface area (TPSA) is 97.8 Å². The van der Waals surface area contributed by atoms with Crippen LogP contribution in [0.15, 0.2) is 72.8 Å². The number of hydrogen-bond acceptors (Lipinski definition) is 6. The number of carbonyl (C=O) groups is 2. The highest BCUT2D eigenvalue weighted by Gasteiger charge is 2.26. The molecule has 30 heavy (non-hydrogen) atoms. The van der Waals surface area contributed by atoms with E-state index in [0.717, 1.165) is 5.56 Å². The van der Waals surface area contributed by atoms with Gasteiger partial charge in [-0.25, -0.2) is 9.78 Å². The van der Waals surface area contributed by atoms with Gasteiger partial charge in [0.05, 0.1) is 20.3 Å². The summed E-state index contributed by atoms with van der Waals surface area (Å²) in [4.78, 5) is 29.0. The van der Waals surface area contributed by atoms with Gasteiger partial charge in [-0.15, -0.1) is 0 Å². The SMILES string of the molecule is COC(=O)c1cc(OC)cc(C(=O)N[C@H](c2ccccc2)[C@@H](O)c2ccccc2)n1. The first-order valence-electron chi connectivity index (χ1n) is 9.26. The van der Waals surface area contributed by atoms with Crippen molar-refractivity contribution >= 4 is 11.9 Å². The zero-order valence-electron chi connectivity index (χ0n) is 16.6. The third-order valence-electron chi connectivity index (χ3n) is 4.56. The van der Waals surface area contributed by atoms with Crippen LogP contribution in [0.3, 0.4) is 0 Å². The van der Waals surface area contributed by atoms with Gasteiger partial charge in [0.1, 0.15) is 17.5 Å². The molecule has 1 heterocycles. The van der Waals surface area contributed by atoms with E-state index < -0.39 is 24.0 Å². The van der Waals surface area contributed by atoms with Gasteiger partial charge < -0.3 is 19.9 Å². The Balaban J connectivity index is 1.95. The number of pyridine rings is 1. The van der Waals surface area contributed by atoms with Gasteiger partial charge in [0.25, 0.3) is 5.91 Å². The number of amides is 1. The number of nitrogens with one attached hydrogen (secondary N) is 1. The van der Waals surface area contributed by atoms with Gasteiger partial charge in [-0.3, -0.25) is 4.79 Å². The number of aliphatic hydroxyl groups is 1. The van der Waals surface area contributed by atoms with E-state index in [2.05, 4.69) is 15.0 Å². The lowest BCUT2D eigenvalue weighted by Crippen LogP contribution is -2.33. The summed E-state index contributed by atoms with van der Waals surface area (Å²) in [5.74, 6) is -0.967. The average Bonchev–Trinajstić information content (AvgIpc) is 2.82. The number of methoxy groups -OCH3 is 2. The molecule has 3 rings (SSSR count). The van der Waals surface area contributed by atoms with Crippen LogP contribution >= 0.6 is 0 Å². The number of benzene rings is 2. The van der Waals surface area contributed by atoms with Crippen molar-refractivity contribution in [1.82, 2.24) is 10.3 Å². The Morgan fingerprint density at radius 1 is 0.900 bits per heavy atom. The molecule has 0 aliphatic rings. The second-order valence-corrected chi connectivity index (χ2v) is 6.49. The third kappa shape index (κ3) is 4.82. The molecule has 7 heteroatoms. The Labute approximate surface area is 174 Å². The zero-order valence-corrected chi connectivity index (χ0v) is 16.6. The fourth-order valence-corrected chi connectivity index (χ4v) is 3.01. The smallest absolute Gasteiger partial charge is 0.356 e. The number of aromatic nitrogens is 1. The molecular formula is C23H22N2O5. The van der Waals surface area contributed by atoms with E-state index in [0.29, 0.717) is 5.56 Å². The highest BCUT2D eigenvalue weighted by Crippen LogP contribution is 2.29. The summed E-state index contributed by atoms with van der Waals surface area (Å²) in [6, 6.07) is 20.2. The lowest BCUT2D eigenvalue weighted by Gasteiger charge is -2.25. The lowest BCUT2D eigenvalue weighted by molar-refractivity contribution is 0.0593. The number of rotatable bonds is 7. The molecular weight excluding hydrogens is 384 g/mol. The van der Waals surface area contributed by atoms with Crippen LogP contribution in [0.25, 0.3) is 0 Å². The second kappa shape index (κ2) is 9.67. The maximum Gasteiger partial charge on any atom is 0.356 e. The van der Waals surface area contributed by atoms with E-state index in [1.807, 2.05) is 48.5 Å². The quantitative estimate of drug-likeness (QED) is 0.585. The lowest BCUT2D eigenvalue weighted by atomic mass is 9.95. The maximum absolute atomic E-state index is 13.0. The highest BCUT2D eigenvalue weighted by atomic mass is 16.5. The van der Waals surface area contributed by atoms with Gasteiger partial charge in [0.2, 0.25) is 0 Å². The van der Waals surface area contributed by atoms with E-state index in [1.165, 1.54) is 26.4 Å². The van der Waals surface area contributed by atoms with Crippen molar-refractivity contribution in [1.29, 1.82) is 0 Å². The molecule has 7 nitrogen and oxygen atoms in total. The van der Waals surface area contributed by atoms with Gasteiger partial charge in [0.15, 0.2) is 5.69 Å². The minimum absolute atomic E-state index is 0.0315. The Bertz CT molecular complexity index is 1010. The molecule has 0 unspecified atom stereocenters. The zero-order chi connectivity index (χ0) is 21.5. The normalized spacial score (nSPS) is 12.5. The Morgan fingerprint density at radius 2 is 1.47 bits per heavy atom. The molecule has 1 aromatic heterocycles. The van der Waals surface area contributed by atoms with Crippen LogP contribution in [-0.4, -0.2) is 36.2 Å². The average molecular weight is 406 g/mol. The molecule has 2 aromatic carbocycles. The van der Waals surface area contributed by atoms with Gasteiger partial charge >= 0.3 is 5.97 Å². The molecule has 0 aliphatic carbocycles. The molecule has 0 bridgehead atoms. The van der Waals surface area contributed by atoms with Crippen molar-refractivity contribution in [2.45, 2.75) is 12.1 Å². The number of aliphatic hydroxyl groups excluding tert-OH is 1. The van der Waals surface area contributed by atoms with Gasteiger partial charge in [0, 0.05) is 12.1 Å². The van der Waals surface area contributed by atoms with Crippen molar-refractivity contribution < 1.29 is 24.2 Å². The molecule has 2 atom stereocenters. The number of esters is 1. The van der Waals surface area contributed by atoms with Gasteiger partial charge in [-0.2, -0.15) is 0 Å². The van der Waals surface area contributed by atoms with Crippen molar-refractivity contribution in [2.75, 3.05) is 14.2 Å². The number of hydrogen-bond donors (Lipinski definition) is 2. The second-order valence-electron chi connectivity index (χ2n) is 6.49. The molecule has 2 N–H and O–H groups in total. The van der Waals surface area contributed by atoms with Crippen LogP contribution in [0.1, 0.15) is 44.2 Å². The largest absolute Gasteiger partial charge is 0.497 e. The molecule has 0 spiro atoms. The van der Waals surface area contributed by atoms with Crippen LogP contribution in [0, 0.1) is 0 Å². The van der Waals surface area contributed by atoms with Crippen molar-refractivity contribution in [3.63, 3.8) is 0 Å². The fourth-order valence-electron chi connectivity index (χ4n) is 3.01. The maximum atomic E-state index is 13.0.